The first kappa shape index (κ1) is 19.8. The lowest BCUT2D eigenvalue weighted by molar-refractivity contribution is -0.161. The van der Waals surface area contributed by atoms with Gasteiger partial charge in [0.05, 0.1) is 0 Å². The Balaban J connectivity index is 0. The molecule has 0 saturated heterocycles. The van der Waals surface area contributed by atoms with E-state index in [1.165, 1.54) is 13.8 Å². The molecule has 0 amide bonds. The summed E-state index contributed by atoms with van der Waals surface area (Å²) >= 11 is 0. The zero-order valence-corrected chi connectivity index (χ0v) is 10.6. The molecule has 110 valence electrons. The van der Waals surface area contributed by atoms with Gasteiger partial charge in [-0.05, 0) is 26.3 Å². The maximum absolute atomic E-state index is 12.8. The van der Waals surface area contributed by atoms with Crippen LogP contribution in [-0.2, 0) is 4.57 Å². The van der Waals surface area contributed by atoms with Crippen molar-refractivity contribution in [3.8, 4) is 0 Å². The van der Waals surface area contributed by atoms with Crippen molar-refractivity contribution in [3.05, 3.63) is 11.1 Å². The van der Waals surface area contributed by atoms with E-state index in [9.17, 15) is 22.0 Å². The van der Waals surface area contributed by atoms with Crippen LogP contribution >= 0.6 is 7.82 Å². The third kappa shape index (κ3) is 8.57. The third-order valence-electron chi connectivity index (χ3n) is 1.80. The number of hydrogen-bond donors (Lipinski definition) is 3. The van der Waals surface area contributed by atoms with Gasteiger partial charge in [-0.3, -0.25) is 0 Å². The van der Waals surface area contributed by atoms with Crippen molar-refractivity contribution >= 4 is 7.82 Å². The Morgan fingerprint density at radius 1 is 1.06 bits per heavy atom. The van der Waals surface area contributed by atoms with E-state index in [-0.39, 0.29) is 11.1 Å². The van der Waals surface area contributed by atoms with Crippen molar-refractivity contribution in [3.63, 3.8) is 0 Å². The third-order valence-corrected chi connectivity index (χ3v) is 1.80. The van der Waals surface area contributed by atoms with E-state index in [0.29, 0.717) is 0 Å². The van der Waals surface area contributed by atoms with Gasteiger partial charge >= 0.3 is 20.2 Å². The van der Waals surface area contributed by atoms with Gasteiger partial charge in [0, 0.05) is 0 Å². The quantitative estimate of drug-likeness (QED) is 0.425. The molecule has 0 rings (SSSR count). The molecule has 0 fully saturated rings. The summed E-state index contributed by atoms with van der Waals surface area (Å²) in [6.07, 6.45) is -6.88. The van der Waals surface area contributed by atoms with Crippen LogP contribution in [0.2, 0.25) is 0 Å². The van der Waals surface area contributed by atoms with Crippen molar-refractivity contribution < 1.29 is 41.2 Å². The Morgan fingerprint density at radius 3 is 1.50 bits per heavy atom. The van der Waals surface area contributed by atoms with Crippen molar-refractivity contribution in [1.29, 1.82) is 0 Å². The highest BCUT2D eigenvalue weighted by Crippen LogP contribution is 2.33. The molecule has 10 heteroatoms. The van der Waals surface area contributed by atoms with E-state index in [1.807, 2.05) is 0 Å². The van der Waals surface area contributed by atoms with Gasteiger partial charge in [0.15, 0.2) is 6.17 Å². The Bertz CT molecular complexity index is 326. The molecule has 0 heterocycles. The summed E-state index contributed by atoms with van der Waals surface area (Å²) in [5, 5.41) is 0. The van der Waals surface area contributed by atoms with Gasteiger partial charge < -0.3 is 14.7 Å². The monoisotopic (exact) mass is 300 g/mol. The van der Waals surface area contributed by atoms with E-state index in [4.69, 9.17) is 19.2 Å². The fraction of sp³-hybridized carbons (Fsp3) is 0.750. The molecule has 0 radical (unpaired) electrons. The van der Waals surface area contributed by atoms with Crippen molar-refractivity contribution in [2.75, 3.05) is 0 Å². The lowest BCUT2D eigenvalue weighted by Gasteiger charge is -2.21. The van der Waals surface area contributed by atoms with Crippen LogP contribution in [0.1, 0.15) is 20.8 Å². The van der Waals surface area contributed by atoms with Crippen molar-refractivity contribution in [2.24, 2.45) is 0 Å². The van der Waals surface area contributed by atoms with E-state index < -0.39 is 26.3 Å². The number of phosphoric acid groups is 1. The molecule has 0 spiro atoms. The summed E-state index contributed by atoms with van der Waals surface area (Å²) in [6.45, 7) is 3.86. The highest BCUT2D eigenvalue weighted by molar-refractivity contribution is 7.45. The molecular weight excluding hydrogens is 286 g/mol. The Hall–Kier alpha value is -0.500. The van der Waals surface area contributed by atoms with E-state index in [1.54, 1.807) is 0 Å². The largest absolute Gasteiger partial charge is 0.466 e. The first-order chi connectivity index (χ1) is 7.71. The molecule has 0 aliphatic rings. The molecule has 1 unspecified atom stereocenters. The highest BCUT2D eigenvalue weighted by atomic mass is 31.2. The molecule has 0 aromatic carbocycles. The van der Waals surface area contributed by atoms with Crippen molar-refractivity contribution in [1.82, 2.24) is 0 Å². The number of hydrogen-bond acceptors (Lipinski definition) is 1. The first-order valence-electron chi connectivity index (χ1n) is 4.43. The standard InChI is InChI=1S/C8H11F5.H3O4P/c1-4(2)5(3)6(9)8(12,13)7(10)11;1-5(2,3)4/h6-7H,1-3H3;(H3,1,2,3,4). The Kier molecular flexibility index (Phi) is 7.91. The highest BCUT2D eigenvalue weighted by Gasteiger charge is 2.50. The number of allylic oxidation sites excluding steroid dienone is 2. The summed E-state index contributed by atoms with van der Waals surface area (Å²) in [4.78, 5) is 21.6. The minimum atomic E-state index is -4.64. The maximum atomic E-state index is 12.8. The molecule has 0 aromatic heterocycles. The normalized spacial score (nSPS) is 13.8. The molecule has 0 saturated carbocycles. The van der Waals surface area contributed by atoms with E-state index in [0.717, 1.165) is 6.92 Å². The first-order valence-corrected chi connectivity index (χ1v) is 6.00. The van der Waals surface area contributed by atoms with Crippen LogP contribution in [-0.4, -0.2) is 33.2 Å². The van der Waals surface area contributed by atoms with Crippen molar-refractivity contribution in [2.45, 2.75) is 39.3 Å². The number of rotatable bonds is 3. The minimum Gasteiger partial charge on any atom is -0.303 e. The van der Waals surface area contributed by atoms with Crippen LogP contribution in [0.25, 0.3) is 0 Å². The summed E-state index contributed by atoms with van der Waals surface area (Å²) < 4.78 is 69.8. The lowest BCUT2D eigenvalue weighted by atomic mass is 10.0. The van der Waals surface area contributed by atoms with Gasteiger partial charge in [-0.15, -0.1) is 0 Å². The van der Waals surface area contributed by atoms with Gasteiger partial charge in [0.1, 0.15) is 0 Å². The Morgan fingerprint density at radius 2 is 1.33 bits per heavy atom. The average Bonchev–Trinajstić information content (AvgIpc) is 2.12. The molecule has 18 heavy (non-hydrogen) atoms. The van der Waals surface area contributed by atoms with Crippen LogP contribution in [0.4, 0.5) is 22.0 Å². The summed E-state index contributed by atoms with van der Waals surface area (Å²) in [5.41, 5.74) is -0.0573. The second-order valence-corrected chi connectivity index (χ2v) is 4.56. The van der Waals surface area contributed by atoms with E-state index >= 15 is 0 Å². The molecule has 3 N–H and O–H groups in total. The predicted octanol–water partition coefficient (Wildman–Crippen LogP) is 2.65. The minimum absolute atomic E-state index is 0.285. The summed E-state index contributed by atoms with van der Waals surface area (Å²) in [6, 6.07) is 0. The molecular formula is C8H14F5O4P. The fourth-order valence-corrected chi connectivity index (χ4v) is 0.653. The zero-order chi connectivity index (χ0) is 15.3. The topological polar surface area (TPSA) is 77.8 Å². The van der Waals surface area contributed by atoms with Gasteiger partial charge in [-0.25, -0.2) is 17.7 Å². The fourth-order valence-electron chi connectivity index (χ4n) is 0.653. The lowest BCUT2D eigenvalue weighted by Crippen LogP contribution is -2.38. The SMILES string of the molecule is CC(C)=C(C)C(F)C(F)(F)C(F)F.O=P(O)(O)O. The zero-order valence-electron chi connectivity index (χ0n) is 9.74. The number of alkyl halides is 5. The Labute approximate surface area is 100 Å². The predicted molar refractivity (Wildman–Crippen MR) is 54.2 cm³/mol. The number of halogens is 5. The molecule has 0 bridgehead atoms. The maximum Gasteiger partial charge on any atom is 0.466 e. The van der Waals surface area contributed by atoms with Gasteiger partial charge in [0.25, 0.3) is 0 Å². The molecule has 4 nitrogen and oxygen atoms in total. The summed E-state index contributed by atoms with van der Waals surface area (Å²) in [7, 11) is -4.64. The molecule has 0 aliphatic heterocycles. The van der Waals surface area contributed by atoms with E-state index in [2.05, 4.69) is 0 Å². The smallest absolute Gasteiger partial charge is 0.303 e. The van der Waals surface area contributed by atoms with Gasteiger partial charge in [-0.2, -0.15) is 8.78 Å². The molecule has 0 aromatic rings. The second-order valence-electron chi connectivity index (χ2n) is 3.53. The van der Waals surface area contributed by atoms with Gasteiger partial charge in [-0.1, -0.05) is 5.57 Å². The van der Waals surface area contributed by atoms with Crippen LogP contribution < -0.4 is 0 Å². The second kappa shape index (κ2) is 7.18. The summed E-state index contributed by atoms with van der Waals surface area (Å²) in [5.74, 6) is -4.60. The van der Waals surface area contributed by atoms with Crippen LogP contribution in [0.5, 0.6) is 0 Å². The molecule has 1 atom stereocenters. The average molecular weight is 300 g/mol. The van der Waals surface area contributed by atoms with Crippen LogP contribution in [0.3, 0.4) is 0 Å². The molecule has 0 aliphatic carbocycles. The van der Waals surface area contributed by atoms with Crippen LogP contribution in [0.15, 0.2) is 11.1 Å². The van der Waals surface area contributed by atoms with Gasteiger partial charge in [0.2, 0.25) is 0 Å². The van der Waals surface area contributed by atoms with Crippen LogP contribution in [0, 0.1) is 0 Å².